The molecule has 5 nitrogen and oxygen atoms in total. The van der Waals surface area contributed by atoms with E-state index in [9.17, 15) is 4.79 Å². The normalized spacial score (nSPS) is 15.3. The number of hydrogen-bond acceptors (Lipinski definition) is 5. The number of halogens is 1. The lowest BCUT2D eigenvalue weighted by molar-refractivity contribution is -0.113. The third-order valence-corrected chi connectivity index (χ3v) is 4.36. The molecule has 25 heavy (non-hydrogen) atoms. The summed E-state index contributed by atoms with van der Waals surface area (Å²) in [5.74, 6) is 0.990. The van der Waals surface area contributed by atoms with Gasteiger partial charge in [0.2, 0.25) is 0 Å². The van der Waals surface area contributed by atoms with Crippen LogP contribution in [-0.2, 0) is 4.79 Å². The van der Waals surface area contributed by atoms with Crippen LogP contribution in [0.25, 0.3) is 6.08 Å². The van der Waals surface area contributed by atoms with Crippen molar-refractivity contribution in [3.8, 4) is 11.5 Å². The second kappa shape index (κ2) is 8.09. The van der Waals surface area contributed by atoms with Crippen molar-refractivity contribution in [2.45, 2.75) is 0 Å². The minimum Gasteiger partial charge on any atom is -0.490 e. The number of nitrogens with zero attached hydrogens (tertiary/aromatic N) is 1. The van der Waals surface area contributed by atoms with E-state index in [0.29, 0.717) is 34.6 Å². The number of para-hydroxylation sites is 1. The van der Waals surface area contributed by atoms with Crippen LogP contribution in [0.3, 0.4) is 0 Å². The van der Waals surface area contributed by atoms with Gasteiger partial charge >= 0.3 is 0 Å². The van der Waals surface area contributed by atoms with E-state index in [4.69, 9.17) is 26.8 Å². The highest BCUT2D eigenvalue weighted by Gasteiger charge is 2.19. The molecule has 2 aromatic rings. The van der Waals surface area contributed by atoms with E-state index < -0.39 is 0 Å². The fraction of sp³-hybridized carbons (Fsp3) is 0.111. The first kappa shape index (κ1) is 17.4. The molecule has 0 unspecified atom stereocenters. The Morgan fingerprint density at radius 1 is 1.12 bits per heavy atom. The number of benzene rings is 2. The number of ether oxygens (including phenoxy) is 2. The second-order valence-corrected chi connectivity index (χ2v) is 6.54. The van der Waals surface area contributed by atoms with E-state index in [2.05, 4.69) is 4.99 Å². The van der Waals surface area contributed by atoms with Crippen molar-refractivity contribution in [1.29, 1.82) is 0 Å². The fourth-order valence-electron chi connectivity index (χ4n) is 2.14. The number of carbonyl (C=O) groups excluding carboxylic acids is 1. The Morgan fingerprint density at radius 3 is 2.68 bits per heavy atom. The fourth-order valence-corrected chi connectivity index (χ4v) is 3.02. The molecule has 0 fully saturated rings. The van der Waals surface area contributed by atoms with Gasteiger partial charge in [0.05, 0.1) is 9.93 Å². The summed E-state index contributed by atoms with van der Waals surface area (Å²) >= 11 is 7.18. The maximum atomic E-state index is 11.6. The van der Waals surface area contributed by atoms with Gasteiger partial charge in [-0.2, -0.15) is 4.99 Å². The molecule has 2 aromatic carbocycles. The van der Waals surface area contributed by atoms with Crippen molar-refractivity contribution in [2.24, 2.45) is 10.7 Å². The smallest absolute Gasteiger partial charge is 0.286 e. The molecule has 0 spiro atoms. The van der Waals surface area contributed by atoms with Crippen LogP contribution in [0, 0.1) is 0 Å². The first-order chi connectivity index (χ1) is 12.1. The lowest BCUT2D eigenvalue weighted by atomic mass is 10.2. The van der Waals surface area contributed by atoms with Crippen molar-refractivity contribution >= 4 is 40.5 Å². The molecule has 1 aliphatic heterocycles. The molecule has 0 atom stereocenters. The summed E-state index contributed by atoms with van der Waals surface area (Å²) in [6.45, 7) is 0.739. The lowest BCUT2D eigenvalue weighted by Gasteiger charge is -2.09. The molecule has 1 heterocycles. The number of rotatable bonds is 6. The average molecular weight is 375 g/mol. The zero-order valence-electron chi connectivity index (χ0n) is 13.1. The molecule has 1 aliphatic rings. The molecule has 0 radical (unpaired) electrons. The molecule has 0 saturated heterocycles. The van der Waals surface area contributed by atoms with Gasteiger partial charge in [-0.05, 0) is 47.7 Å². The molecule has 0 aromatic heterocycles. The van der Waals surface area contributed by atoms with Gasteiger partial charge in [-0.3, -0.25) is 4.79 Å². The van der Waals surface area contributed by atoms with Gasteiger partial charge in [-0.15, -0.1) is 0 Å². The topological polar surface area (TPSA) is 73.9 Å². The van der Waals surface area contributed by atoms with Crippen LogP contribution in [0.5, 0.6) is 11.5 Å². The summed E-state index contributed by atoms with van der Waals surface area (Å²) in [6.07, 6.45) is 1.74. The number of hydrogen-bond donors (Lipinski definition) is 1. The van der Waals surface area contributed by atoms with Gasteiger partial charge in [-0.1, -0.05) is 35.9 Å². The van der Waals surface area contributed by atoms with Gasteiger partial charge in [0.25, 0.3) is 5.91 Å². The largest absolute Gasteiger partial charge is 0.490 e. The third kappa shape index (κ3) is 4.78. The molecule has 128 valence electrons. The van der Waals surface area contributed by atoms with Crippen molar-refractivity contribution in [1.82, 2.24) is 0 Å². The van der Waals surface area contributed by atoms with E-state index in [0.717, 1.165) is 17.3 Å². The predicted molar refractivity (Wildman–Crippen MR) is 101 cm³/mol. The van der Waals surface area contributed by atoms with E-state index in [1.54, 1.807) is 18.2 Å². The van der Waals surface area contributed by atoms with Crippen LogP contribution in [0.2, 0.25) is 5.02 Å². The highest BCUT2D eigenvalue weighted by molar-refractivity contribution is 8.18. The number of nitrogens with two attached hydrogens (primary N) is 1. The standard InChI is InChI=1S/C18H15ClN2O3S/c19-14-6-1-2-7-15(14)24-9-8-23-13-5-3-4-12(10-13)11-16-17(22)21-18(20)25-16/h1-7,10-11H,8-9H2,(H2,20,21,22)/b16-11-. The summed E-state index contributed by atoms with van der Waals surface area (Å²) in [7, 11) is 0. The lowest BCUT2D eigenvalue weighted by Crippen LogP contribution is -2.09. The van der Waals surface area contributed by atoms with Gasteiger partial charge in [0.15, 0.2) is 5.17 Å². The summed E-state index contributed by atoms with van der Waals surface area (Å²) in [4.78, 5) is 15.8. The first-order valence-electron chi connectivity index (χ1n) is 7.50. The monoisotopic (exact) mass is 374 g/mol. The van der Waals surface area contributed by atoms with Crippen LogP contribution in [0.15, 0.2) is 58.4 Å². The highest BCUT2D eigenvalue weighted by Crippen LogP contribution is 2.27. The summed E-state index contributed by atoms with van der Waals surface area (Å²) in [5, 5.41) is 0.830. The summed E-state index contributed by atoms with van der Waals surface area (Å²) < 4.78 is 11.3. The zero-order valence-corrected chi connectivity index (χ0v) is 14.7. The van der Waals surface area contributed by atoms with Crippen LogP contribution in [0.4, 0.5) is 0 Å². The minimum atomic E-state index is -0.318. The Kier molecular flexibility index (Phi) is 5.63. The Labute approximate surface area is 154 Å². The molecule has 0 bridgehead atoms. The van der Waals surface area contributed by atoms with Crippen LogP contribution in [0.1, 0.15) is 5.56 Å². The predicted octanol–water partition coefficient (Wildman–Crippen LogP) is 3.73. The Bertz CT molecular complexity index is 852. The average Bonchev–Trinajstić information content (AvgIpc) is 2.91. The molecule has 3 rings (SSSR count). The van der Waals surface area contributed by atoms with Crippen LogP contribution in [-0.4, -0.2) is 24.3 Å². The number of amides is 1. The molecular weight excluding hydrogens is 360 g/mol. The van der Waals surface area contributed by atoms with Crippen LogP contribution < -0.4 is 15.2 Å². The highest BCUT2D eigenvalue weighted by atomic mass is 35.5. The molecule has 2 N–H and O–H groups in total. The Morgan fingerprint density at radius 2 is 1.92 bits per heavy atom. The van der Waals surface area contributed by atoms with Crippen molar-refractivity contribution in [3.63, 3.8) is 0 Å². The van der Waals surface area contributed by atoms with Crippen molar-refractivity contribution in [2.75, 3.05) is 13.2 Å². The number of carbonyl (C=O) groups is 1. The van der Waals surface area contributed by atoms with Gasteiger partial charge in [0.1, 0.15) is 24.7 Å². The summed E-state index contributed by atoms with van der Waals surface area (Å²) in [5.41, 5.74) is 6.38. The third-order valence-electron chi connectivity index (χ3n) is 3.24. The minimum absolute atomic E-state index is 0.264. The molecule has 1 amide bonds. The SMILES string of the molecule is NC1=NC(=O)/C(=C/c2cccc(OCCOc3ccccc3Cl)c2)S1. The van der Waals surface area contributed by atoms with E-state index >= 15 is 0 Å². The summed E-state index contributed by atoms with van der Waals surface area (Å²) in [6, 6.07) is 14.7. The number of aliphatic imine (C=N–C) groups is 1. The van der Waals surface area contributed by atoms with Crippen molar-refractivity contribution in [3.05, 3.63) is 64.0 Å². The molecular formula is C18H15ClN2O3S. The maximum Gasteiger partial charge on any atom is 0.286 e. The number of amidine groups is 1. The Hall–Kier alpha value is -2.44. The quantitative estimate of drug-likeness (QED) is 0.616. The van der Waals surface area contributed by atoms with Gasteiger partial charge < -0.3 is 15.2 Å². The van der Waals surface area contributed by atoms with Gasteiger partial charge in [0, 0.05) is 0 Å². The molecule has 0 aliphatic carbocycles. The molecule has 0 saturated carbocycles. The van der Waals surface area contributed by atoms with Gasteiger partial charge in [-0.25, -0.2) is 0 Å². The second-order valence-electron chi connectivity index (χ2n) is 5.07. The number of thioether (sulfide) groups is 1. The van der Waals surface area contributed by atoms with E-state index in [-0.39, 0.29) is 11.1 Å². The van der Waals surface area contributed by atoms with Crippen LogP contribution >= 0.6 is 23.4 Å². The maximum absolute atomic E-state index is 11.6. The Balaban J connectivity index is 1.55. The van der Waals surface area contributed by atoms with E-state index in [1.807, 2.05) is 36.4 Å². The zero-order chi connectivity index (χ0) is 17.6. The molecule has 7 heteroatoms. The first-order valence-corrected chi connectivity index (χ1v) is 8.69. The van der Waals surface area contributed by atoms with E-state index in [1.165, 1.54) is 0 Å². The van der Waals surface area contributed by atoms with Crippen molar-refractivity contribution < 1.29 is 14.3 Å².